The lowest BCUT2D eigenvalue weighted by Gasteiger charge is -2.39. The van der Waals surface area contributed by atoms with E-state index in [-0.39, 0.29) is 5.91 Å². The predicted molar refractivity (Wildman–Crippen MR) is 59.3 cm³/mol. The summed E-state index contributed by atoms with van der Waals surface area (Å²) in [5.41, 5.74) is 5.94. The number of likely N-dealkylation sites (tertiary alicyclic amines) is 1. The second-order valence-corrected chi connectivity index (χ2v) is 5.99. The van der Waals surface area contributed by atoms with E-state index in [2.05, 4.69) is 0 Å². The van der Waals surface area contributed by atoms with Gasteiger partial charge in [-0.3, -0.25) is 4.79 Å². The van der Waals surface area contributed by atoms with Crippen LogP contribution in [-0.4, -0.2) is 40.4 Å². The topological polar surface area (TPSA) is 46.3 Å². The molecule has 0 bridgehead atoms. The van der Waals surface area contributed by atoms with E-state index in [9.17, 15) is 4.79 Å². The molecule has 4 heteroatoms. The molecule has 1 spiro atoms. The van der Waals surface area contributed by atoms with Gasteiger partial charge in [-0.2, -0.15) is 11.8 Å². The molecule has 14 heavy (non-hydrogen) atoms. The molecule has 1 amide bonds. The summed E-state index contributed by atoms with van der Waals surface area (Å²) in [4.78, 5) is 13.3. The van der Waals surface area contributed by atoms with Crippen molar-refractivity contribution in [1.82, 2.24) is 4.90 Å². The van der Waals surface area contributed by atoms with Crippen molar-refractivity contribution >= 4 is 17.7 Å². The zero-order valence-electron chi connectivity index (χ0n) is 8.66. The van der Waals surface area contributed by atoms with Crippen LogP contribution in [0, 0.1) is 0 Å². The number of nitrogens with two attached hydrogens (primary N) is 1. The van der Waals surface area contributed by atoms with E-state index in [1.165, 1.54) is 6.42 Å². The Bertz CT molecular complexity index is 242. The Balaban J connectivity index is 2.03. The molecule has 2 fully saturated rings. The number of thioether (sulfide) groups is 1. The average Bonchev–Trinajstić information content (AvgIpc) is 2.47. The molecular formula is C10H18N2OS. The van der Waals surface area contributed by atoms with Crippen molar-refractivity contribution in [1.29, 1.82) is 0 Å². The molecule has 2 saturated heterocycles. The van der Waals surface area contributed by atoms with Gasteiger partial charge in [-0.05, 0) is 19.3 Å². The molecule has 2 aliphatic rings. The molecule has 0 aromatic heterocycles. The maximum atomic E-state index is 11.3. The van der Waals surface area contributed by atoms with Gasteiger partial charge >= 0.3 is 0 Å². The maximum Gasteiger partial charge on any atom is 0.219 e. The number of hydrogen-bond donors (Lipinski definition) is 1. The molecule has 0 radical (unpaired) electrons. The molecule has 0 saturated carbocycles. The van der Waals surface area contributed by atoms with Crippen molar-refractivity contribution in [3.8, 4) is 0 Å². The zero-order chi connectivity index (χ0) is 10.2. The second kappa shape index (κ2) is 3.74. The van der Waals surface area contributed by atoms with Crippen LogP contribution in [0.15, 0.2) is 0 Å². The molecule has 0 aliphatic carbocycles. The highest BCUT2D eigenvalue weighted by Gasteiger charge is 2.42. The lowest BCUT2D eigenvalue weighted by Crippen LogP contribution is -2.47. The van der Waals surface area contributed by atoms with Crippen molar-refractivity contribution in [2.24, 2.45) is 5.73 Å². The summed E-state index contributed by atoms with van der Waals surface area (Å²) in [6.07, 6.45) is 3.45. The summed E-state index contributed by atoms with van der Waals surface area (Å²) < 4.78 is 0.295. The number of amides is 1. The van der Waals surface area contributed by atoms with Gasteiger partial charge in [0.15, 0.2) is 0 Å². The molecular weight excluding hydrogens is 196 g/mol. The van der Waals surface area contributed by atoms with Crippen LogP contribution >= 0.6 is 11.8 Å². The van der Waals surface area contributed by atoms with Crippen LogP contribution in [0.25, 0.3) is 0 Å². The second-order valence-electron chi connectivity index (χ2n) is 4.50. The quantitative estimate of drug-likeness (QED) is 0.650. The fourth-order valence-electron chi connectivity index (χ4n) is 2.53. The number of carbonyl (C=O) groups excluding carboxylic acids is 1. The fraction of sp³-hybridized carbons (Fsp3) is 0.900. The summed E-state index contributed by atoms with van der Waals surface area (Å²) in [5.74, 6) is 1.27. The highest BCUT2D eigenvalue weighted by Crippen LogP contribution is 2.43. The summed E-state index contributed by atoms with van der Waals surface area (Å²) >= 11 is 1.98. The number of hydrogen-bond acceptors (Lipinski definition) is 3. The summed E-state index contributed by atoms with van der Waals surface area (Å²) in [7, 11) is 0. The SMILES string of the molecule is CC(=O)N1CCCC2(CC(N)CS2)C1. The van der Waals surface area contributed by atoms with Gasteiger partial charge < -0.3 is 10.6 Å². The van der Waals surface area contributed by atoms with Crippen molar-refractivity contribution in [2.75, 3.05) is 18.8 Å². The molecule has 2 rings (SSSR count). The van der Waals surface area contributed by atoms with E-state index in [0.29, 0.717) is 10.8 Å². The lowest BCUT2D eigenvalue weighted by atomic mass is 9.91. The first kappa shape index (κ1) is 10.3. The van der Waals surface area contributed by atoms with Gasteiger partial charge in [-0.15, -0.1) is 0 Å². The van der Waals surface area contributed by atoms with Gasteiger partial charge in [0.2, 0.25) is 5.91 Å². The number of piperidine rings is 1. The van der Waals surface area contributed by atoms with E-state index in [0.717, 1.165) is 31.7 Å². The van der Waals surface area contributed by atoms with Gasteiger partial charge in [-0.1, -0.05) is 0 Å². The van der Waals surface area contributed by atoms with Crippen molar-refractivity contribution in [3.63, 3.8) is 0 Å². The van der Waals surface area contributed by atoms with E-state index in [1.807, 2.05) is 16.7 Å². The van der Waals surface area contributed by atoms with Gasteiger partial charge in [-0.25, -0.2) is 0 Å². The van der Waals surface area contributed by atoms with Crippen LogP contribution in [0.4, 0.5) is 0 Å². The maximum absolute atomic E-state index is 11.3. The van der Waals surface area contributed by atoms with E-state index >= 15 is 0 Å². The highest BCUT2D eigenvalue weighted by atomic mass is 32.2. The third-order valence-electron chi connectivity index (χ3n) is 3.22. The minimum atomic E-state index is 0.213. The number of rotatable bonds is 0. The molecule has 2 unspecified atom stereocenters. The van der Waals surface area contributed by atoms with Crippen molar-refractivity contribution in [3.05, 3.63) is 0 Å². The molecule has 2 heterocycles. The highest BCUT2D eigenvalue weighted by molar-refractivity contribution is 8.01. The van der Waals surface area contributed by atoms with Crippen LogP contribution in [0.1, 0.15) is 26.2 Å². The zero-order valence-corrected chi connectivity index (χ0v) is 9.48. The van der Waals surface area contributed by atoms with Crippen LogP contribution in [-0.2, 0) is 4.79 Å². The third-order valence-corrected chi connectivity index (χ3v) is 4.93. The fourth-order valence-corrected chi connectivity index (χ4v) is 4.08. The Morgan fingerprint density at radius 2 is 2.43 bits per heavy atom. The molecule has 3 nitrogen and oxygen atoms in total. The Morgan fingerprint density at radius 3 is 3.00 bits per heavy atom. The van der Waals surface area contributed by atoms with Crippen molar-refractivity contribution < 1.29 is 4.79 Å². The first-order valence-corrected chi connectivity index (χ1v) is 6.25. The van der Waals surface area contributed by atoms with Gasteiger partial charge in [0.25, 0.3) is 0 Å². The van der Waals surface area contributed by atoms with E-state index in [4.69, 9.17) is 5.73 Å². The minimum Gasteiger partial charge on any atom is -0.342 e. The Labute approximate surface area is 89.4 Å². The predicted octanol–water partition coefficient (Wildman–Crippen LogP) is 0.832. The number of carbonyl (C=O) groups is 1. The molecule has 2 aliphatic heterocycles. The molecule has 80 valence electrons. The van der Waals surface area contributed by atoms with Gasteiger partial charge in [0.05, 0.1) is 0 Å². The smallest absolute Gasteiger partial charge is 0.219 e. The van der Waals surface area contributed by atoms with Gasteiger partial charge in [0, 0.05) is 36.6 Å². The van der Waals surface area contributed by atoms with Crippen molar-refractivity contribution in [2.45, 2.75) is 37.0 Å². The van der Waals surface area contributed by atoms with E-state index in [1.54, 1.807) is 6.92 Å². The monoisotopic (exact) mass is 214 g/mol. The summed E-state index contributed by atoms with van der Waals surface area (Å²) in [6.45, 7) is 3.52. The Morgan fingerprint density at radius 1 is 1.64 bits per heavy atom. The standard InChI is InChI=1S/C10H18N2OS/c1-8(13)12-4-2-3-10(7-12)5-9(11)6-14-10/h9H,2-7,11H2,1H3. The van der Waals surface area contributed by atoms with Gasteiger partial charge in [0.1, 0.15) is 0 Å². The third kappa shape index (κ3) is 1.91. The minimum absolute atomic E-state index is 0.213. The average molecular weight is 214 g/mol. The Kier molecular flexibility index (Phi) is 2.75. The van der Waals surface area contributed by atoms with Crippen LogP contribution < -0.4 is 5.73 Å². The number of nitrogens with zero attached hydrogens (tertiary/aromatic N) is 1. The summed E-state index contributed by atoms with van der Waals surface area (Å²) in [6, 6.07) is 0.340. The van der Waals surface area contributed by atoms with Crippen LogP contribution in [0.5, 0.6) is 0 Å². The molecule has 2 atom stereocenters. The van der Waals surface area contributed by atoms with Crippen LogP contribution in [0.2, 0.25) is 0 Å². The molecule has 0 aromatic carbocycles. The van der Waals surface area contributed by atoms with Crippen LogP contribution in [0.3, 0.4) is 0 Å². The summed E-state index contributed by atoms with van der Waals surface area (Å²) in [5, 5.41) is 0. The normalized spacial score (nSPS) is 37.9. The first-order valence-electron chi connectivity index (χ1n) is 5.26. The Hall–Kier alpha value is -0.220. The lowest BCUT2D eigenvalue weighted by molar-refractivity contribution is -0.130. The largest absolute Gasteiger partial charge is 0.342 e. The first-order chi connectivity index (χ1) is 6.61. The molecule has 0 aromatic rings. The molecule has 2 N–H and O–H groups in total. The van der Waals surface area contributed by atoms with E-state index < -0.39 is 0 Å².